The molecule has 0 radical (unpaired) electrons. The first-order valence-electron chi connectivity index (χ1n) is 6.11. The Morgan fingerprint density at radius 2 is 2.10 bits per heavy atom. The van der Waals surface area contributed by atoms with Gasteiger partial charge in [0.25, 0.3) is 5.69 Å². The van der Waals surface area contributed by atoms with Gasteiger partial charge in [0.05, 0.1) is 16.4 Å². The molecule has 0 amide bonds. The summed E-state index contributed by atoms with van der Waals surface area (Å²) in [7, 11) is 0. The Morgan fingerprint density at radius 3 is 2.81 bits per heavy atom. The minimum Gasteiger partial charge on any atom is -0.453 e. The maximum Gasteiger partial charge on any atom is 0.272 e. The second-order valence-electron chi connectivity index (χ2n) is 4.50. The molecule has 21 heavy (non-hydrogen) atoms. The van der Waals surface area contributed by atoms with Crippen molar-refractivity contribution in [1.29, 1.82) is 0 Å². The number of aromatic nitrogens is 2. The molecular formula is C14H10FN3O3. The Balaban J connectivity index is 2.00. The smallest absolute Gasteiger partial charge is 0.272 e. The fraction of sp³-hybridized carbons (Fsp3) is 0.0714. The number of nitrogens with one attached hydrogen (secondary N) is 1. The van der Waals surface area contributed by atoms with Gasteiger partial charge in [-0.1, -0.05) is 0 Å². The van der Waals surface area contributed by atoms with Crippen LogP contribution >= 0.6 is 0 Å². The zero-order valence-corrected chi connectivity index (χ0v) is 11.0. The summed E-state index contributed by atoms with van der Waals surface area (Å²) in [5.74, 6) is -0.439. The maximum atomic E-state index is 13.8. The number of hydrogen-bond donors (Lipinski definition) is 1. The molecule has 7 heteroatoms. The van der Waals surface area contributed by atoms with E-state index in [2.05, 4.69) is 9.97 Å². The van der Waals surface area contributed by atoms with Crippen molar-refractivity contribution < 1.29 is 14.1 Å². The molecule has 1 aromatic carbocycles. The van der Waals surface area contributed by atoms with E-state index >= 15 is 0 Å². The van der Waals surface area contributed by atoms with Crippen LogP contribution in [0.3, 0.4) is 0 Å². The van der Waals surface area contributed by atoms with Gasteiger partial charge in [-0.3, -0.25) is 10.1 Å². The van der Waals surface area contributed by atoms with E-state index in [1.165, 1.54) is 18.3 Å². The second-order valence-corrected chi connectivity index (χ2v) is 4.50. The number of rotatable bonds is 3. The Hall–Kier alpha value is -2.96. The summed E-state index contributed by atoms with van der Waals surface area (Å²) in [6.45, 7) is 1.87. The van der Waals surface area contributed by atoms with Crippen molar-refractivity contribution in [2.75, 3.05) is 0 Å². The van der Waals surface area contributed by atoms with E-state index < -0.39 is 10.7 Å². The average Bonchev–Trinajstić information content (AvgIpc) is 2.82. The fourth-order valence-electron chi connectivity index (χ4n) is 2.03. The van der Waals surface area contributed by atoms with Crippen LogP contribution in [0.5, 0.6) is 11.5 Å². The van der Waals surface area contributed by atoms with E-state index in [0.29, 0.717) is 16.8 Å². The summed E-state index contributed by atoms with van der Waals surface area (Å²) in [6, 6.07) is 6.70. The second kappa shape index (κ2) is 4.86. The summed E-state index contributed by atoms with van der Waals surface area (Å²) >= 11 is 0. The highest BCUT2D eigenvalue weighted by molar-refractivity contribution is 5.83. The molecular weight excluding hydrogens is 277 g/mol. The topological polar surface area (TPSA) is 81.1 Å². The number of pyridine rings is 1. The zero-order valence-electron chi connectivity index (χ0n) is 11.0. The van der Waals surface area contributed by atoms with E-state index in [9.17, 15) is 14.5 Å². The van der Waals surface area contributed by atoms with Crippen molar-refractivity contribution in [3.8, 4) is 11.5 Å². The average molecular weight is 287 g/mol. The van der Waals surface area contributed by atoms with Gasteiger partial charge < -0.3 is 9.72 Å². The van der Waals surface area contributed by atoms with Crippen LogP contribution in [0.25, 0.3) is 11.0 Å². The lowest BCUT2D eigenvalue weighted by Gasteiger charge is -2.07. The van der Waals surface area contributed by atoms with Gasteiger partial charge in [0.15, 0.2) is 11.6 Å². The number of nitro groups is 1. The van der Waals surface area contributed by atoms with Crippen LogP contribution in [-0.2, 0) is 0 Å². The van der Waals surface area contributed by atoms with Crippen LogP contribution in [0.4, 0.5) is 10.1 Å². The highest BCUT2D eigenvalue weighted by atomic mass is 19.1. The van der Waals surface area contributed by atoms with Crippen LogP contribution in [0.2, 0.25) is 0 Å². The molecule has 0 atom stereocenters. The first kappa shape index (κ1) is 13.0. The van der Waals surface area contributed by atoms with E-state index in [4.69, 9.17) is 4.74 Å². The van der Waals surface area contributed by atoms with Crippen LogP contribution in [0.15, 0.2) is 36.5 Å². The van der Waals surface area contributed by atoms with Gasteiger partial charge in [0.2, 0.25) is 0 Å². The summed E-state index contributed by atoms with van der Waals surface area (Å²) in [5, 5.41) is 11.3. The molecule has 0 aliphatic heterocycles. The zero-order chi connectivity index (χ0) is 15.0. The fourth-order valence-corrected chi connectivity index (χ4v) is 2.03. The van der Waals surface area contributed by atoms with Gasteiger partial charge in [-0.2, -0.15) is 0 Å². The number of halogens is 1. The van der Waals surface area contributed by atoms with Gasteiger partial charge in [0.1, 0.15) is 11.4 Å². The van der Waals surface area contributed by atoms with Gasteiger partial charge in [-0.15, -0.1) is 0 Å². The Bertz CT molecular complexity index is 845. The highest BCUT2D eigenvalue weighted by Gasteiger charge is 2.14. The number of hydrogen-bond acceptors (Lipinski definition) is 4. The lowest BCUT2D eigenvalue weighted by molar-refractivity contribution is -0.385. The number of non-ortho nitro benzene ring substituents is 1. The number of aryl methyl sites for hydroxylation is 1. The number of fused-ring (bicyclic) bond motifs is 1. The number of nitrogens with zero attached hydrogens (tertiary/aromatic N) is 2. The standard InChI is InChI=1S/C14H10FN3O3/c1-8-6-10-12(4-5-16-14(10)17-8)21-13-3-2-9(18(19)20)7-11(13)15/h2-7H,1H3,(H,16,17). The molecule has 0 saturated heterocycles. The molecule has 0 bridgehead atoms. The molecule has 1 N–H and O–H groups in total. The van der Waals surface area contributed by atoms with Crippen LogP contribution in [-0.4, -0.2) is 14.9 Å². The van der Waals surface area contributed by atoms with E-state index in [1.54, 1.807) is 6.07 Å². The van der Waals surface area contributed by atoms with Crippen LogP contribution in [0, 0.1) is 22.9 Å². The Kier molecular flexibility index (Phi) is 3.02. The minimum atomic E-state index is -0.790. The van der Waals surface area contributed by atoms with E-state index in [-0.39, 0.29) is 11.4 Å². The van der Waals surface area contributed by atoms with Crippen molar-refractivity contribution in [3.05, 3.63) is 58.2 Å². The molecule has 3 rings (SSSR count). The molecule has 2 heterocycles. The molecule has 0 aliphatic carbocycles. The Morgan fingerprint density at radius 1 is 1.29 bits per heavy atom. The largest absolute Gasteiger partial charge is 0.453 e. The summed E-state index contributed by atoms with van der Waals surface area (Å²) in [5.41, 5.74) is 1.21. The van der Waals surface area contributed by atoms with E-state index in [1.807, 2.05) is 13.0 Å². The molecule has 0 fully saturated rings. The van der Waals surface area contributed by atoms with Crippen molar-refractivity contribution in [2.45, 2.75) is 6.92 Å². The molecule has 0 aliphatic rings. The number of aromatic amines is 1. The predicted molar refractivity (Wildman–Crippen MR) is 74.0 cm³/mol. The number of nitro benzene ring substituents is 1. The molecule has 3 aromatic rings. The normalized spacial score (nSPS) is 10.8. The van der Waals surface area contributed by atoms with Crippen LogP contribution in [0.1, 0.15) is 5.69 Å². The monoisotopic (exact) mass is 287 g/mol. The molecule has 0 unspecified atom stereocenters. The third-order valence-electron chi connectivity index (χ3n) is 2.97. The lowest BCUT2D eigenvalue weighted by Crippen LogP contribution is -1.93. The van der Waals surface area contributed by atoms with Crippen molar-refractivity contribution in [2.24, 2.45) is 0 Å². The maximum absolute atomic E-state index is 13.8. The van der Waals surface area contributed by atoms with E-state index in [0.717, 1.165) is 11.8 Å². The van der Waals surface area contributed by atoms with Gasteiger partial charge >= 0.3 is 0 Å². The van der Waals surface area contributed by atoms with Crippen molar-refractivity contribution in [1.82, 2.24) is 9.97 Å². The molecule has 0 saturated carbocycles. The summed E-state index contributed by atoms with van der Waals surface area (Å²) < 4.78 is 19.4. The number of benzene rings is 1. The van der Waals surface area contributed by atoms with Gasteiger partial charge in [-0.05, 0) is 25.1 Å². The highest BCUT2D eigenvalue weighted by Crippen LogP contribution is 2.31. The first-order valence-corrected chi connectivity index (χ1v) is 6.11. The molecule has 2 aromatic heterocycles. The third kappa shape index (κ3) is 2.40. The first-order chi connectivity index (χ1) is 10.0. The van der Waals surface area contributed by atoms with Gasteiger partial charge in [0, 0.05) is 18.0 Å². The summed E-state index contributed by atoms with van der Waals surface area (Å²) in [6.07, 6.45) is 1.54. The lowest BCUT2D eigenvalue weighted by atomic mass is 10.2. The third-order valence-corrected chi connectivity index (χ3v) is 2.97. The Labute approximate surface area is 118 Å². The van der Waals surface area contributed by atoms with Crippen molar-refractivity contribution >= 4 is 16.7 Å². The number of ether oxygens (including phenoxy) is 1. The van der Waals surface area contributed by atoms with Crippen LogP contribution < -0.4 is 4.74 Å². The molecule has 0 spiro atoms. The predicted octanol–water partition coefficient (Wildman–Crippen LogP) is 3.71. The quantitative estimate of drug-likeness (QED) is 0.588. The SMILES string of the molecule is Cc1cc2c(Oc3ccc([N+](=O)[O-])cc3F)ccnc2[nH]1. The molecule has 106 valence electrons. The summed E-state index contributed by atoms with van der Waals surface area (Å²) in [4.78, 5) is 17.1. The van der Waals surface area contributed by atoms with Crippen molar-refractivity contribution in [3.63, 3.8) is 0 Å². The minimum absolute atomic E-state index is 0.0769. The number of H-pyrrole nitrogens is 1. The molecule has 6 nitrogen and oxygen atoms in total. The van der Waals surface area contributed by atoms with Gasteiger partial charge in [-0.25, -0.2) is 9.37 Å².